The number of pyridine rings is 1. The van der Waals surface area contributed by atoms with Gasteiger partial charge in [-0.2, -0.15) is 0 Å². The quantitative estimate of drug-likeness (QED) is 0.869. The van der Waals surface area contributed by atoms with E-state index in [2.05, 4.69) is 9.88 Å². The molecule has 2 heterocycles. The number of ether oxygens (including phenoxy) is 1. The van der Waals surface area contributed by atoms with Crippen molar-refractivity contribution >= 4 is 17.6 Å². The van der Waals surface area contributed by atoms with Crippen LogP contribution in [0.15, 0.2) is 6.07 Å². The second-order valence-corrected chi connectivity index (χ2v) is 6.14. The summed E-state index contributed by atoms with van der Waals surface area (Å²) in [6.07, 6.45) is 3.60. The Kier molecular flexibility index (Phi) is 4.04. The third-order valence-electron chi connectivity index (χ3n) is 4.53. The average molecular weight is 311 g/mol. The second-order valence-electron chi connectivity index (χ2n) is 5.75. The van der Waals surface area contributed by atoms with E-state index in [-0.39, 0.29) is 12.0 Å². The number of halogens is 1. The van der Waals surface area contributed by atoms with E-state index in [1.807, 2.05) is 6.07 Å². The lowest BCUT2D eigenvalue weighted by molar-refractivity contribution is -0.144. The van der Waals surface area contributed by atoms with E-state index < -0.39 is 5.97 Å². The summed E-state index contributed by atoms with van der Waals surface area (Å²) in [5.74, 6) is -0.384. The van der Waals surface area contributed by atoms with Crippen LogP contribution in [0.2, 0.25) is 5.15 Å². The molecular formula is C15H19ClN2O3. The molecule has 0 radical (unpaired) electrons. The highest BCUT2D eigenvalue weighted by Gasteiger charge is 2.36. The van der Waals surface area contributed by atoms with Crippen molar-refractivity contribution in [3.05, 3.63) is 22.3 Å². The number of piperidine rings is 1. The van der Waals surface area contributed by atoms with Crippen molar-refractivity contribution in [2.24, 2.45) is 5.92 Å². The Morgan fingerprint density at radius 3 is 3.05 bits per heavy atom. The van der Waals surface area contributed by atoms with Gasteiger partial charge in [-0.3, -0.25) is 9.69 Å². The second kappa shape index (κ2) is 5.81. The summed E-state index contributed by atoms with van der Waals surface area (Å²) >= 11 is 6.02. The number of aromatic nitrogens is 1. The molecule has 114 valence electrons. The fraction of sp³-hybridized carbons (Fsp3) is 0.600. The van der Waals surface area contributed by atoms with E-state index in [1.54, 1.807) is 7.11 Å². The van der Waals surface area contributed by atoms with Crippen molar-refractivity contribution in [2.75, 3.05) is 20.2 Å². The van der Waals surface area contributed by atoms with Gasteiger partial charge in [0, 0.05) is 18.2 Å². The standard InChI is InChI=1S/C15H19ClN2O3/c1-21-14-13-9(7-12(16)17-14)4-5-11(13)18-6-2-3-10(8-18)15(19)20/h7,10-11H,2-6,8H2,1H3,(H,19,20)/t10-,11?/m0/s1. The van der Waals surface area contributed by atoms with Crippen molar-refractivity contribution in [1.82, 2.24) is 9.88 Å². The molecule has 21 heavy (non-hydrogen) atoms. The predicted molar refractivity (Wildman–Crippen MR) is 78.8 cm³/mol. The van der Waals surface area contributed by atoms with Crippen molar-refractivity contribution in [3.63, 3.8) is 0 Å². The normalized spacial score (nSPS) is 25.6. The van der Waals surface area contributed by atoms with Crippen molar-refractivity contribution in [1.29, 1.82) is 0 Å². The number of aliphatic carboxylic acids is 1. The lowest BCUT2D eigenvalue weighted by atomic mass is 9.95. The first-order chi connectivity index (χ1) is 10.1. The number of methoxy groups -OCH3 is 1. The molecule has 2 atom stereocenters. The molecule has 0 amide bonds. The predicted octanol–water partition coefficient (Wildman–Crippen LogP) is 2.53. The Bertz CT molecular complexity index is 564. The van der Waals surface area contributed by atoms with Crippen molar-refractivity contribution in [2.45, 2.75) is 31.7 Å². The zero-order valence-corrected chi connectivity index (χ0v) is 12.8. The van der Waals surface area contributed by atoms with Gasteiger partial charge in [-0.1, -0.05) is 11.6 Å². The zero-order chi connectivity index (χ0) is 15.0. The molecule has 1 aromatic rings. The molecule has 1 aliphatic heterocycles. The summed E-state index contributed by atoms with van der Waals surface area (Å²) in [5.41, 5.74) is 2.27. The maximum Gasteiger partial charge on any atom is 0.307 e. The van der Waals surface area contributed by atoms with Gasteiger partial charge < -0.3 is 9.84 Å². The van der Waals surface area contributed by atoms with Gasteiger partial charge in [0.1, 0.15) is 5.15 Å². The van der Waals surface area contributed by atoms with Crippen LogP contribution in [-0.4, -0.2) is 41.2 Å². The molecule has 5 nitrogen and oxygen atoms in total. The SMILES string of the molecule is COc1nc(Cl)cc2c1C(N1CCC[C@H](C(=O)O)C1)CC2. The molecular weight excluding hydrogens is 292 g/mol. The number of hydrogen-bond acceptors (Lipinski definition) is 4. The number of aryl methyl sites for hydroxylation is 1. The summed E-state index contributed by atoms with van der Waals surface area (Å²) in [5, 5.41) is 9.70. The van der Waals surface area contributed by atoms with Crippen LogP contribution in [-0.2, 0) is 11.2 Å². The van der Waals surface area contributed by atoms with Crippen molar-refractivity contribution in [3.8, 4) is 5.88 Å². The fourth-order valence-electron chi connectivity index (χ4n) is 3.56. The highest BCUT2D eigenvalue weighted by molar-refractivity contribution is 6.29. The number of hydrogen-bond donors (Lipinski definition) is 1. The largest absolute Gasteiger partial charge is 0.481 e. The molecule has 1 saturated heterocycles. The lowest BCUT2D eigenvalue weighted by Crippen LogP contribution is -2.40. The van der Waals surface area contributed by atoms with E-state index in [0.717, 1.165) is 37.8 Å². The molecule has 1 aromatic heterocycles. The Hall–Kier alpha value is -1.33. The minimum absolute atomic E-state index is 0.196. The monoisotopic (exact) mass is 310 g/mol. The zero-order valence-electron chi connectivity index (χ0n) is 12.0. The van der Waals surface area contributed by atoms with Crippen LogP contribution < -0.4 is 4.74 Å². The van der Waals surface area contributed by atoms with E-state index >= 15 is 0 Å². The molecule has 0 bridgehead atoms. The van der Waals surface area contributed by atoms with Gasteiger partial charge >= 0.3 is 5.97 Å². The number of rotatable bonds is 3. The molecule has 3 rings (SSSR count). The van der Waals surface area contributed by atoms with Crippen LogP contribution in [0.5, 0.6) is 5.88 Å². The third kappa shape index (κ3) is 2.72. The summed E-state index contributed by atoms with van der Waals surface area (Å²) < 4.78 is 5.39. The molecule has 1 unspecified atom stereocenters. The van der Waals surface area contributed by atoms with Crippen molar-refractivity contribution < 1.29 is 14.6 Å². The van der Waals surface area contributed by atoms with E-state index in [4.69, 9.17) is 16.3 Å². The molecule has 1 N–H and O–H groups in total. The number of carboxylic acids is 1. The third-order valence-corrected chi connectivity index (χ3v) is 4.73. The van der Waals surface area contributed by atoms with Crippen LogP contribution in [0.1, 0.15) is 36.4 Å². The molecule has 0 aromatic carbocycles. The van der Waals surface area contributed by atoms with Crippen LogP contribution in [0.3, 0.4) is 0 Å². The smallest absolute Gasteiger partial charge is 0.307 e. The van der Waals surface area contributed by atoms with Crippen LogP contribution >= 0.6 is 11.6 Å². The van der Waals surface area contributed by atoms with Gasteiger partial charge in [-0.25, -0.2) is 4.98 Å². The molecule has 0 spiro atoms. The van der Waals surface area contributed by atoms with E-state index in [0.29, 0.717) is 17.6 Å². The molecule has 6 heteroatoms. The van der Waals surface area contributed by atoms with Gasteiger partial charge in [0.2, 0.25) is 5.88 Å². The molecule has 1 fully saturated rings. The number of fused-ring (bicyclic) bond motifs is 1. The number of carbonyl (C=O) groups is 1. The van der Waals surface area contributed by atoms with Crippen LogP contribution in [0.4, 0.5) is 0 Å². The fourth-order valence-corrected chi connectivity index (χ4v) is 3.77. The van der Waals surface area contributed by atoms with Gasteiger partial charge in [0.25, 0.3) is 0 Å². The first-order valence-electron chi connectivity index (χ1n) is 7.30. The minimum Gasteiger partial charge on any atom is -0.481 e. The lowest BCUT2D eigenvalue weighted by Gasteiger charge is -2.35. The first-order valence-corrected chi connectivity index (χ1v) is 7.68. The molecule has 0 saturated carbocycles. The number of likely N-dealkylation sites (tertiary alicyclic amines) is 1. The van der Waals surface area contributed by atoms with E-state index in [1.165, 1.54) is 5.56 Å². The molecule has 2 aliphatic rings. The highest BCUT2D eigenvalue weighted by atomic mass is 35.5. The van der Waals surface area contributed by atoms with Crippen LogP contribution in [0.25, 0.3) is 0 Å². The topological polar surface area (TPSA) is 62.7 Å². The van der Waals surface area contributed by atoms with Gasteiger partial charge in [-0.05, 0) is 43.9 Å². The Balaban J connectivity index is 1.88. The van der Waals surface area contributed by atoms with Gasteiger partial charge in [0.05, 0.1) is 13.0 Å². The maximum absolute atomic E-state index is 11.2. The number of carboxylic acid groups (broad SMARTS) is 1. The average Bonchev–Trinajstić information content (AvgIpc) is 2.90. The minimum atomic E-state index is -0.695. The Morgan fingerprint density at radius 2 is 2.33 bits per heavy atom. The Morgan fingerprint density at radius 1 is 1.52 bits per heavy atom. The summed E-state index contributed by atoms with van der Waals surface area (Å²) in [7, 11) is 1.60. The number of nitrogens with zero attached hydrogens (tertiary/aromatic N) is 2. The summed E-state index contributed by atoms with van der Waals surface area (Å²) in [4.78, 5) is 17.8. The first kappa shape index (κ1) is 14.6. The Labute approximate surface area is 128 Å². The molecule has 1 aliphatic carbocycles. The van der Waals surface area contributed by atoms with Gasteiger partial charge in [0.15, 0.2) is 0 Å². The van der Waals surface area contributed by atoms with Crippen LogP contribution in [0, 0.1) is 5.92 Å². The van der Waals surface area contributed by atoms with E-state index in [9.17, 15) is 9.90 Å². The maximum atomic E-state index is 11.2. The summed E-state index contributed by atoms with van der Waals surface area (Å²) in [6.45, 7) is 1.53. The summed E-state index contributed by atoms with van der Waals surface area (Å²) in [6, 6.07) is 2.10. The van der Waals surface area contributed by atoms with Gasteiger partial charge in [-0.15, -0.1) is 0 Å². The highest BCUT2D eigenvalue weighted by Crippen LogP contribution is 2.42.